The van der Waals surface area contributed by atoms with Crippen LogP contribution in [0.4, 0.5) is 0 Å². The highest BCUT2D eigenvalue weighted by Gasteiger charge is 2.28. The second-order valence-corrected chi connectivity index (χ2v) is 7.39. The molecule has 13 heteroatoms. The number of carbonyl (C=O) groups excluding carboxylic acids is 5. The molecule has 4 atom stereocenters. The molecule has 0 bridgehead atoms. The molecule has 0 aromatic carbocycles. The topological polar surface area (TPSA) is 224 Å². The fraction of sp³-hybridized carbons (Fsp3) is 0.667. The Morgan fingerprint density at radius 3 is 2.16 bits per heavy atom. The van der Waals surface area contributed by atoms with Gasteiger partial charge in [0, 0.05) is 13.0 Å². The van der Waals surface area contributed by atoms with Gasteiger partial charge in [0.05, 0.1) is 0 Å². The average molecular weight is 441 g/mol. The van der Waals surface area contributed by atoms with E-state index in [1.54, 1.807) is 0 Å². The van der Waals surface area contributed by atoms with Gasteiger partial charge in [-0.05, 0) is 39.5 Å². The SMILES string of the molecule is C[C@@H]1NC(=O)CCC[C@@H](C(N)=O)NC(=O)[C@H](C)NC(=O)[C@H](CCCN=C(N)N)NC1=O. The van der Waals surface area contributed by atoms with Crippen LogP contribution in [0.25, 0.3) is 0 Å². The Hall–Kier alpha value is -3.38. The maximum absolute atomic E-state index is 12.7. The van der Waals surface area contributed by atoms with E-state index in [0.717, 1.165) is 0 Å². The van der Waals surface area contributed by atoms with Gasteiger partial charge >= 0.3 is 0 Å². The highest BCUT2D eigenvalue weighted by atomic mass is 16.2. The lowest BCUT2D eigenvalue weighted by atomic mass is 10.1. The third-order valence-corrected chi connectivity index (χ3v) is 4.66. The fourth-order valence-corrected chi connectivity index (χ4v) is 2.88. The monoisotopic (exact) mass is 440 g/mol. The molecule has 1 aliphatic heterocycles. The Balaban J connectivity index is 3.01. The zero-order chi connectivity index (χ0) is 23.6. The van der Waals surface area contributed by atoms with E-state index in [0.29, 0.717) is 6.42 Å². The normalized spacial score (nSPS) is 26.3. The molecule has 1 fully saturated rings. The predicted molar refractivity (Wildman–Crippen MR) is 112 cm³/mol. The van der Waals surface area contributed by atoms with Gasteiger partial charge in [-0.2, -0.15) is 0 Å². The number of nitrogens with one attached hydrogen (secondary N) is 4. The Kier molecular flexibility index (Phi) is 10.2. The summed E-state index contributed by atoms with van der Waals surface area (Å²) in [5.74, 6) is -3.03. The summed E-state index contributed by atoms with van der Waals surface area (Å²) in [5, 5.41) is 10.1. The van der Waals surface area contributed by atoms with E-state index >= 15 is 0 Å². The summed E-state index contributed by atoms with van der Waals surface area (Å²) in [6, 6.07) is -3.87. The van der Waals surface area contributed by atoms with Crippen molar-refractivity contribution >= 4 is 35.5 Å². The van der Waals surface area contributed by atoms with Crippen molar-refractivity contribution in [1.29, 1.82) is 0 Å². The van der Waals surface area contributed by atoms with Crippen LogP contribution in [-0.2, 0) is 24.0 Å². The predicted octanol–water partition coefficient (Wildman–Crippen LogP) is -3.31. The lowest BCUT2D eigenvalue weighted by molar-refractivity contribution is -0.133. The number of nitrogens with two attached hydrogens (primary N) is 3. The second-order valence-electron chi connectivity index (χ2n) is 7.39. The third kappa shape index (κ3) is 9.31. The van der Waals surface area contributed by atoms with Crippen molar-refractivity contribution in [2.24, 2.45) is 22.2 Å². The molecule has 174 valence electrons. The van der Waals surface area contributed by atoms with Gasteiger partial charge in [0.15, 0.2) is 5.96 Å². The van der Waals surface area contributed by atoms with Crippen LogP contribution >= 0.6 is 0 Å². The molecular formula is C18H32N8O5. The first-order chi connectivity index (χ1) is 14.5. The molecule has 13 nitrogen and oxygen atoms in total. The summed E-state index contributed by atoms with van der Waals surface area (Å²) in [4.78, 5) is 65.1. The van der Waals surface area contributed by atoms with Crippen LogP contribution in [0.15, 0.2) is 4.99 Å². The van der Waals surface area contributed by atoms with Crippen molar-refractivity contribution in [1.82, 2.24) is 21.3 Å². The van der Waals surface area contributed by atoms with Gasteiger partial charge in [-0.25, -0.2) is 0 Å². The molecule has 0 radical (unpaired) electrons. The van der Waals surface area contributed by atoms with Gasteiger partial charge in [0.1, 0.15) is 24.2 Å². The van der Waals surface area contributed by atoms with Gasteiger partial charge in [-0.15, -0.1) is 0 Å². The van der Waals surface area contributed by atoms with Crippen molar-refractivity contribution < 1.29 is 24.0 Å². The van der Waals surface area contributed by atoms with Crippen molar-refractivity contribution in [2.75, 3.05) is 6.54 Å². The number of nitrogens with zero attached hydrogens (tertiary/aromatic N) is 1. The first kappa shape index (κ1) is 25.7. The largest absolute Gasteiger partial charge is 0.370 e. The first-order valence-electron chi connectivity index (χ1n) is 10.1. The lowest BCUT2D eigenvalue weighted by Crippen LogP contribution is -2.56. The minimum Gasteiger partial charge on any atom is -0.370 e. The van der Waals surface area contributed by atoms with Gasteiger partial charge in [0.25, 0.3) is 0 Å². The summed E-state index contributed by atoms with van der Waals surface area (Å²) in [6.07, 6.45) is 1.01. The van der Waals surface area contributed by atoms with Gasteiger partial charge in [0.2, 0.25) is 29.5 Å². The molecule has 1 aliphatic rings. The van der Waals surface area contributed by atoms with Gasteiger partial charge in [-0.1, -0.05) is 0 Å². The summed E-state index contributed by atoms with van der Waals surface area (Å²) in [5.41, 5.74) is 15.9. The quantitative estimate of drug-likeness (QED) is 0.131. The van der Waals surface area contributed by atoms with E-state index in [9.17, 15) is 24.0 Å². The van der Waals surface area contributed by atoms with Crippen molar-refractivity contribution in [3.05, 3.63) is 0 Å². The van der Waals surface area contributed by atoms with Crippen LogP contribution in [0.1, 0.15) is 46.0 Å². The minimum absolute atomic E-state index is 0.0337. The first-order valence-corrected chi connectivity index (χ1v) is 10.1. The highest BCUT2D eigenvalue weighted by molar-refractivity contribution is 5.95. The van der Waals surface area contributed by atoms with Crippen LogP contribution in [0.5, 0.6) is 0 Å². The van der Waals surface area contributed by atoms with E-state index in [1.807, 2.05) is 0 Å². The van der Waals surface area contributed by atoms with Crippen LogP contribution < -0.4 is 38.5 Å². The number of rotatable bonds is 5. The smallest absolute Gasteiger partial charge is 0.243 e. The van der Waals surface area contributed by atoms with Gasteiger partial charge < -0.3 is 38.5 Å². The molecular weight excluding hydrogens is 408 g/mol. The number of hydrogen-bond acceptors (Lipinski definition) is 6. The van der Waals surface area contributed by atoms with Crippen LogP contribution in [0, 0.1) is 0 Å². The van der Waals surface area contributed by atoms with Crippen molar-refractivity contribution in [3.8, 4) is 0 Å². The third-order valence-electron chi connectivity index (χ3n) is 4.66. The molecule has 31 heavy (non-hydrogen) atoms. The Bertz CT molecular complexity index is 722. The summed E-state index contributed by atoms with van der Waals surface area (Å²) < 4.78 is 0. The molecule has 0 saturated carbocycles. The average Bonchev–Trinajstić information content (AvgIpc) is 2.67. The van der Waals surface area contributed by atoms with E-state index in [2.05, 4.69) is 26.3 Å². The summed E-state index contributed by atoms with van der Waals surface area (Å²) in [7, 11) is 0. The number of primary amides is 1. The van der Waals surface area contributed by atoms with E-state index in [4.69, 9.17) is 17.2 Å². The minimum atomic E-state index is -0.992. The number of aliphatic imine (C=N–C) groups is 1. The molecule has 1 rings (SSSR count). The Morgan fingerprint density at radius 2 is 1.55 bits per heavy atom. The van der Waals surface area contributed by atoms with Crippen molar-refractivity contribution in [3.63, 3.8) is 0 Å². The molecule has 1 saturated heterocycles. The van der Waals surface area contributed by atoms with E-state index in [-0.39, 0.29) is 38.2 Å². The van der Waals surface area contributed by atoms with E-state index in [1.165, 1.54) is 13.8 Å². The molecule has 0 aromatic heterocycles. The Labute approximate surface area is 180 Å². The molecule has 0 aromatic rings. The molecule has 0 aliphatic carbocycles. The summed E-state index contributed by atoms with van der Waals surface area (Å²) >= 11 is 0. The van der Waals surface area contributed by atoms with Crippen molar-refractivity contribution in [2.45, 2.75) is 70.1 Å². The van der Waals surface area contributed by atoms with Gasteiger partial charge in [-0.3, -0.25) is 29.0 Å². The molecule has 10 N–H and O–H groups in total. The number of amides is 5. The Morgan fingerprint density at radius 1 is 0.935 bits per heavy atom. The molecule has 0 spiro atoms. The maximum Gasteiger partial charge on any atom is 0.243 e. The number of carbonyl (C=O) groups is 5. The zero-order valence-corrected chi connectivity index (χ0v) is 17.8. The maximum atomic E-state index is 12.7. The second kappa shape index (κ2) is 12.3. The molecule has 5 amide bonds. The van der Waals surface area contributed by atoms with Crippen LogP contribution in [0.3, 0.4) is 0 Å². The fourth-order valence-electron chi connectivity index (χ4n) is 2.88. The van der Waals surface area contributed by atoms with Crippen LogP contribution in [0.2, 0.25) is 0 Å². The van der Waals surface area contributed by atoms with Crippen LogP contribution in [-0.4, -0.2) is 66.2 Å². The lowest BCUT2D eigenvalue weighted by Gasteiger charge is -2.23. The highest BCUT2D eigenvalue weighted by Crippen LogP contribution is 2.05. The standard InChI is InChI=1S/C18H32N8O5/c1-9-15(29)26-12(6-4-8-22-18(20)21)17(31)24-10(2)16(30)25-11(14(19)28)5-3-7-13(27)23-9/h9-12H,3-8H2,1-2H3,(H2,19,28)(H,23,27)(H,24,31)(H,25,30)(H,26,29)(H4,20,21,22)/t9-,10-,11-,12-/m0/s1. The molecule has 1 heterocycles. The van der Waals surface area contributed by atoms with E-state index < -0.39 is 53.7 Å². The number of guanidine groups is 1. The number of hydrogen-bond donors (Lipinski definition) is 7. The zero-order valence-electron chi connectivity index (χ0n) is 17.8. The molecule has 0 unspecified atom stereocenters. The summed E-state index contributed by atoms with van der Waals surface area (Å²) in [6.45, 7) is 3.17.